The monoisotopic (exact) mass is 1170 g/mol. The van der Waals surface area contributed by atoms with Gasteiger partial charge in [-0.05, 0) is 166 Å². The molecule has 0 aliphatic rings. The van der Waals surface area contributed by atoms with Gasteiger partial charge in [-0.25, -0.2) is 0 Å². The van der Waals surface area contributed by atoms with Crippen LogP contribution in [0.1, 0.15) is 254 Å². The zero-order valence-corrected chi connectivity index (χ0v) is 57.6. The van der Waals surface area contributed by atoms with E-state index in [4.69, 9.17) is 0 Å². The van der Waals surface area contributed by atoms with Crippen LogP contribution in [-0.2, 0) is 14.4 Å². The van der Waals surface area contributed by atoms with E-state index in [0.29, 0.717) is 49.0 Å². The highest BCUT2D eigenvalue weighted by Gasteiger charge is 2.17. The van der Waals surface area contributed by atoms with Crippen molar-refractivity contribution in [3.8, 4) is 0 Å². The van der Waals surface area contributed by atoms with Crippen LogP contribution in [-0.4, -0.2) is 68.6 Å². The van der Waals surface area contributed by atoms with Gasteiger partial charge in [0.25, 0.3) is 0 Å². The highest BCUT2D eigenvalue weighted by atomic mass is 32.1. The van der Waals surface area contributed by atoms with Gasteiger partial charge in [0.2, 0.25) is 5.91 Å². The average molecular weight is 1170 g/mol. The van der Waals surface area contributed by atoms with Crippen LogP contribution in [0.3, 0.4) is 0 Å². The number of carbonyl (C=O) groups is 4. The van der Waals surface area contributed by atoms with Gasteiger partial charge >= 0.3 is 0 Å². The molecule has 0 aliphatic carbocycles. The second kappa shape index (κ2) is 55.8. The molecule has 0 saturated carbocycles. The molecule has 0 bridgehead atoms. The van der Waals surface area contributed by atoms with Crippen molar-refractivity contribution in [3.05, 3.63) is 111 Å². The third-order valence-electron chi connectivity index (χ3n) is 14.3. The molecule has 3 unspecified atom stereocenters. The number of aliphatic imine (C=N–C) groups is 1. The fraction of sp³-hybridized carbons (Fsp3) is 0.611. The van der Waals surface area contributed by atoms with Crippen molar-refractivity contribution in [2.24, 2.45) is 38.9 Å². The zero-order chi connectivity index (χ0) is 64.1. The van der Waals surface area contributed by atoms with Crippen molar-refractivity contribution < 1.29 is 19.2 Å². The highest BCUT2D eigenvalue weighted by Crippen LogP contribution is 2.35. The average Bonchev–Trinajstić information content (AvgIpc) is 4.06. The van der Waals surface area contributed by atoms with E-state index in [0.717, 1.165) is 92.4 Å². The SMILES string of the molecule is C=C(c1ccc(C)cc1)c1c(C)sc(C)c1C.C=C=CNCCCCCCCCNC.CC.CC.CCC(C)/C(C)=N\N=C(/C)[C@H](CC)C(C)CC.CCCC(C=O)CCC(=O)NC.CCCC(CCC=O)=Nc1c(C)cccc1C(C)=O. The Morgan fingerprint density at radius 3 is 1.77 bits per heavy atom. The summed E-state index contributed by atoms with van der Waals surface area (Å²) < 4.78 is 0. The van der Waals surface area contributed by atoms with Crippen LogP contribution in [0.5, 0.6) is 0 Å². The Bertz CT molecular complexity index is 2320. The lowest BCUT2D eigenvalue weighted by molar-refractivity contribution is -0.121. The molecule has 0 radical (unpaired) electrons. The molecule has 1 amide bonds. The summed E-state index contributed by atoms with van der Waals surface area (Å²) in [5, 5.41) is 17.7. The van der Waals surface area contributed by atoms with Gasteiger partial charge in [-0.3, -0.25) is 14.6 Å². The lowest BCUT2D eigenvalue weighted by Gasteiger charge is -2.20. The maximum absolute atomic E-state index is 11.6. The van der Waals surface area contributed by atoms with Gasteiger partial charge < -0.3 is 25.5 Å². The number of carbonyl (C=O) groups excluding carboxylic acids is 4. The normalized spacial score (nSPS) is 12.2. The molecule has 470 valence electrons. The van der Waals surface area contributed by atoms with E-state index in [2.05, 4.69) is 157 Å². The minimum absolute atomic E-state index is 0.0120. The first-order chi connectivity index (χ1) is 39.7. The molecule has 3 rings (SSSR count). The Balaban J connectivity index is -0.000000466. The van der Waals surface area contributed by atoms with E-state index in [1.807, 2.05) is 72.1 Å². The number of nitrogens with zero attached hydrogens (tertiary/aromatic N) is 3. The maximum Gasteiger partial charge on any atom is 0.219 e. The standard InChI is InChI=1S/C16H21NO2.C16H18S.C15H30N2.C12H24N2.C9H17NO2.2C2H6/c1-4-7-14(9-6-11-18)17-16-12(2)8-5-10-15(16)13(3)19;1-10-6-8-15(9-7-10)12(3)16-11(2)13(4)17-14(16)5;1-8-11(4)13(6)16-17-14(7)15(10-3)12(5)9-2;1-3-10-14-12-9-7-5-4-6-8-11-13-2;1-3-4-8(7-11)5-6-9(12)10-2;2*1-2/h5,8,10-11H,4,6-7,9H2,1-3H3;6-9H,3H2,1-2,4-5H3;11-12,15H,8-10H2,1-7H3;10,13-14H,1,4-9,11-12H2,2H3;7-8H,3-6H2,1-2H3,(H,10,12);2*1-2H3/b;;16-13-,17-14+;;;;/t;;11?,12?,15-;;;;/m..1..../s1. The first-order valence-electron chi connectivity index (χ1n) is 31.6. The molecule has 1 aromatic heterocycles. The molecular weight excluding hydrogens is 1040 g/mol. The van der Waals surface area contributed by atoms with E-state index in [1.54, 1.807) is 26.2 Å². The van der Waals surface area contributed by atoms with Crippen molar-refractivity contribution in [1.29, 1.82) is 0 Å². The quantitative estimate of drug-likeness (QED) is 0.0142. The first kappa shape index (κ1) is 84.1. The number of rotatable bonds is 32. The van der Waals surface area contributed by atoms with Crippen molar-refractivity contribution in [2.75, 3.05) is 27.2 Å². The van der Waals surface area contributed by atoms with Crippen LogP contribution in [0, 0.1) is 58.3 Å². The molecule has 0 fully saturated rings. The fourth-order valence-electron chi connectivity index (χ4n) is 8.63. The molecule has 2 aromatic carbocycles. The molecule has 3 N–H and O–H groups in total. The Hall–Kier alpha value is -5.35. The van der Waals surface area contributed by atoms with Crippen molar-refractivity contribution >= 4 is 64.0 Å². The molecule has 1 heterocycles. The second-order valence-corrected chi connectivity index (χ2v) is 22.3. The van der Waals surface area contributed by atoms with E-state index < -0.39 is 0 Å². The van der Waals surface area contributed by atoms with E-state index in [1.165, 1.54) is 82.7 Å². The number of para-hydroxylation sites is 1. The number of hydrogen-bond donors (Lipinski definition) is 3. The Morgan fingerprint density at radius 2 is 1.30 bits per heavy atom. The lowest BCUT2D eigenvalue weighted by atomic mass is 9.86. The van der Waals surface area contributed by atoms with Gasteiger partial charge in [-0.15, -0.1) is 17.1 Å². The highest BCUT2D eigenvalue weighted by molar-refractivity contribution is 7.12. The van der Waals surface area contributed by atoms with Gasteiger partial charge in [-0.2, -0.15) is 10.2 Å². The minimum atomic E-state index is 0.0120. The van der Waals surface area contributed by atoms with Gasteiger partial charge in [0.15, 0.2) is 5.78 Å². The van der Waals surface area contributed by atoms with Crippen LogP contribution in [0.25, 0.3) is 5.57 Å². The fourth-order valence-corrected chi connectivity index (χ4v) is 9.72. The molecule has 4 atom stereocenters. The molecule has 0 spiro atoms. The number of thiophene rings is 1. The number of aryl methyl sites for hydroxylation is 4. The minimum Gasteiger partial charge on any atom is -0.385 e. The summed E-state index contributed by atoms with van der Waals surface area (Å²) in [7, 11) is 3.62. The molecule has 0 aliphatic heterocycles. The number of aldehydes is 2. The molecule has 10 nitrogen and oxygen atoms in total. The summed E-state index contributed by atoms with van der Waals surface area (Å²) in [6.45, 7) is 49.6. The Labute approximate surface area is 514 Å². The van der Waals surface area contributed by atoms with Gasteiger partial charge in [0.05, 0.1) is 5.69 Å². The number of Topliss-reactive ketones (excluding diaryl/α,β-unsaturated/α-hetero) is 1. The van der Waals surface area contributed by atoms with Crippen molar-refractivity contribution in [3.63, 3.8) is 0 Å². The summed E-state index contributed by atoms with van der Waals surface area (Å²) in [6.07, 6.45) is 21.2. The number of unbranched alkanes of at least 4 members (excludes halogenated alkanes) is 5. The number of benzene rings is 2. The van der Waals surface area contributed by atoms with Crippen LogP contribution in [0.15, 0.2) is 82.7 Å². The van der Waals surface area contributed by atoms with Gasteiger partial charge in [0.1, 0.15) is 12.6 Å². The number of nitrogens with one attached hydrogen (secondary N) is 3. The van der Waals surface area contributed by atoms with Gasteiger partial charge in [0, 0.05) is 76.9 Å². The summed E-state index contributed by atoms with van der Waals surface area (Å²) in [5.74, 6) is 1.91. The summed E-state index contributed by atoms with van der Waals surface area (Å²) in [5.41, 5.74) is 14.8. The van der Waals surface area contributed by atoms with E-state index in [9.17, 15) is 19.2 Å². The molecule has 3 aromatic rings. The molecule has 83 heavy (non-hydrogen) atoms. The van der Waals surface area contributed by atoms with E-state index in [-0.39, 0.29) is 17.6 Å². The largest absolute Gasteiger partial charge is 0.385 e. The van der Waals surface area contributed by atoms with Crippen LogP contribution in [0.4, 0.5) is 5.69 Å². The van der Waals surface area contributed by atoms with Gasteiger partial charge in [-0.1, -0.05) is 176 Å². The first-order valence-corrected chi connectivity index (χ1v) is 32.5. The third-order valence-corrected chi connectivity index (χ3v) is 15.4. The molecule has 11 heteroatoms. The number of ketones is 1. The molecular formula is C72H122N6O4S. The Kier molecular flexibility index (Phi) is 56.6. The second-order valence-electron chi connectivity index (χ2n) is 20.8. The van der Waals surface area contributed by atoms with Crippen LogP contribution >= 0.6 is 11.3 Å². The molecule has 0 saturated heterocycles. The predicted molar refractivity (Wildman–Crippen MR) is 369 cm³/mol. The van der Waals surface area contributed by atoms with E-state index >= 15 is 0 Å². The third kappa shape index (κ3) is 39.8. The Morgan fingerprint density at radius 1 is 0.711 bits per heavy atom. The van der Waals surface area contributed by atoms with Crippen molar-refractivity contribution in [2.45, 2.75) is 241 Å². The number of amides is 1. The summed E-state index contributed by atoms with van der Waals surface area (Å²) in [4.78, 5) is 50.8. The summed E-state index contributed by atoms with van der Waals surface area (Å²) >= 11 is 1.86. The lowest BCUT2D eigenvalue weighted by Crippen LogP contribution is -2.18. The van der Waals surface area contributed by atoms with Crippen molar-refractivity contribution in [1.82, 2.24) is 16.0 Å². The smallest absolute Gasteiger partial charge is 0.219 e. The number of hydrogen-bond acceptors (Lipinski definition) is 10. The zero-order valence-electron chi connectivity index (χ0n) is 56.8. The van der Waals surface area contributed by atoms with Crippen LogP contribution in [0.2, 0.25) is 0 Å². The van der Waals surface area contributed by atoms with Crippen LogP contribution < -0.4 is 16.0 Å². The summed E-state index contributed by atoms with van der Waals surface area (Å²) in [6, 6.07) is 14.2. The topological polar surface area (TPSA) is 141 Å². The maximum atomic E-state index is 11.6. The predicted octanol–water partition coefficient (Wildman–Crippen LogP) is 19.6.